The molecular formula is C9H10N2O. The van der Waals surface area contributed by atoms with Gasteiger partial charge >= 0.3 is 0 Å². The van der Waals surface area contributed by atoms with E-state index < -0.39 is 0 Å². The third-order valence-corrected chi connectivity index (χ3v) is 1.47. The van der Waals surface area contributed by atoms with E-state index in [0.29, 0.717) is 6.61 Å². The highest BCUT2D eigenvalue weighted by Crippen LogP contribution is 2.09. The predicted octanol–water partition coefficient (Wildman–Crippen LogP) is 1.73. The van der Waals surface area contributed by atoms with Gasteiger partial charge in [0.2, 0.25) is 0 Å². The second-order valence-corrected chi connectivity index (χ2v) is 2.37. The molecule has 0 radical (unpaired) electrons. The van der Waals surface area contributed by atoms with E-state index in [1.807, 2.05) is 30.5 Å². The molecule has 3 nitrogen and oxygen atoms in total. The molecule has 0 aliphatic carbocycles. The van der Waals surface area contributed by atoms with Gasteiger partial charge in [-0.2, -0.15) is 5.26 Å². The maximum absolute atomic E-state index is 8.31. The van der Waals surface area contributed by atoms with Crippen LogP contribution in [0.3, 0.4) is 0 Å². The minimum atomic E-state index is 0.604. The van der Waals surface area contributed by atoms with Crippen LogP contribution >= 0.6 is 0 Å². The maximum atomic E-state index is 8.31. The van der Waals surface area contributed by atoms with Crippen LogP contribution in [0.1, 0.15) is 5.56 Å². The lowest BCUT2D eigenvalue weighted by Crippen LogP contribution is -1.89. The molecule has 0 saturated heterocycles. The van der Waals surface area contributed by atoms with E-state index in [4.69, 9.17) is 10.00 Å². The number of benzene rings is 1. The largest absolute Gasteiger partial charge is 0.380 e. The number of nitrogens with one attached hydrogen (secondary N) is 1. The average molecular weight is 162 g/mol. The summed E-state index contributed by atoms with van der Waals surface area (Å²) >= 11 is 0. The highest BCUT2D eigenvalue weighted by molar-refractivity contribution is 5.47. The Morgan fingerprint density at radius 3 is 2.58 bits per heavy atom. The third kappa shape index (κ3) is 2.26. The molecule has 0 aliphatic heterocycles. The quantitative estimate of drug-likeness (QED) is 0.543. The van der Waals surface area contributed by atoms with Gasteiger partial charge in [0.25, 0.3) is 0 Å². The van der Waals surface area contributed by atoms with Gasteiger partial charge in [0.05, 0.1) is 6.61 Å². The van der Waals surface area contributed by atoms with Crippen LogP contribution in [0.2, 0.25) is 0 Å². The SMILES string of the molecule is COCc1ccc(NC#N)cc1. The molecule has 0 amide bonds. The monoisotopic (exact) mass is 162 g/mol. The summed E-state index contributed by atoms with van der Waals surface area (Å²) in [5, 5.41) is 10.8. The number of anilines is 1. The molecule has 0 aromatic heterocycles. The fourth-order valence-corrected chi connectivity index (χ4v) is 0.916. The van der Waals surface area contributed by atoms with Crippen LogP contribution in [0.4, 0.5) is 5.69 Å². The molecule has 1 aromatic carbocycles. The van der Waals surface area contributed by atoms with E-state index in [1.54, 1.807) is 7.11 Å². The minimum Gasteiger partial charge on any atom is -0.380 e. The summed E-state index contributed by atoms with van der Waals surface area (Å²) in [7, 11) is 1.65. The summed E-state index contributed by atoms with van der Waals surface area (Å²) in [6.45, 7) is 0.604. The van der Waals surface area contributed by atoms with Crippen molar-refractivity contribution in [1.29, 1.82) is 5.26 Å². The lowest BCUT2D eigenvalue weighted by molar-refractivity contribution is 0.185. The summed E-state index contributed by atoms with van der Waals surface area (Å²) in [5.41, 5.74) is 1.90. The van der Waals surface area contributed by atoms with E-state index in [-0.39, 0.29) is 0 Å². The molecule has 1 rings (SSSR count). The van der Waals surface area contributed by atoms with Crippen molar-refractivity contribution >= 4 is 5.69 Å². The molecule has 0 heterocycles. The van der Waals surface area contributed by atoms with Crippen LogP contribution < -0.4 is 5.32 Å². The first-order valence-electron chi connectivity index (χ1n) is 3.60. The molecule has 1 aromatic rings. The first-order chi connectivity index (χ1) is 5.86. The van der Waals surface area contributed by atoms with Crippen molar-refractivity contribution < 1.29 is 4.74 Å². The van der Waals surface area contributed by atoms with Gasteiger partial charge in [-0.05, 0) is 17.7 Å². The molecule has 1 N–H and O–H groups in total. The van der Waals surface area contributed by atoms with Crippen LogP contribution in [-0.2, 0) is 11.3 Å². The van der Waals surface area contributed by atoms with Crippen molar-refractivity contribution in [2.45, 2.75) is 6.61 Å². The van der Waals surface area contributed by atoms with Gasteiger partial charge in [0.15, 0.2) is 6.19 Å². The fourth-order valence-electron chi connectivity index (χ4n) is 0.916. The zero-order valence-corrected chi connectivity index (χ0v) is 6.87. The Morgan fingerprint density at radius 1 is 1.42 bits per heavy atom. The van der Waals surface area contributed by atoms with Crippen molar-refractivity contribution in [3.05, 3.63) is 29.8 Å². The smallest absolute Gasteiger partial charge is 0.181 e. The second-order valence-electron chi connectivity index (χ2n) is 2.37. The van der Waals surface area contributed by atoms with E-state index in [9.17, 15) is 0 Å². The Morgan fingerprint density at radius 2 is 2.08 bits per heavy atom. The number of methoxy groups -OCH3 is 1. The lowest BCUT2D eigenvalue weighted by Gasteiger charge is -2.00. The molecule has 0 fully saturated rings. The molecule has 0 spiro atoms. The molecule has 12 heavy (non-hydrogen) atoms. The summed E-state index contributed by atoms with van der Waals surface area (Å²) in [4.78, 5) is 0. The summed E-state index contributed by atoms with van der Waals surface area (Å²) in [5.74, 6) is 0. The number of nitrogens with zero attached hydrogens (tertiary/aromatic N) is 1. The third-order valence-electron chi connectivity index (χ3n) is 1.47. The molecular weight excluding hydrogens is 152 g/mol. The first-order valence-corrected chi connectivity index (χ1v) is 3.60. The van der Waals surface area contributed by atoms with Crippen LogP contribution in [-0.4, -0.2) is 7.11 Å². The number of hydrogen-bond donors (Lipinski definition) is 1. The van der Waals surface area contributed by atoms with E-state index >= 15 is 0 Å². The van der Waals surface area contributed by atoms with Gasteiger partial charge in [-0.15, -0.1) is 0 Å². The zero-order valence-electron chi connectivity index (χ0n) is 6.87. The Kier molecular flexibility index (Phi) is 3.12. The fraction of sp³-hybridized carbons (Fsp3) is 0.222. The van der Waals surface area contributed by atoms with Gasteiger partial charge in [-0.3, -0.25) is 5.32 Å². The zero-order chi connectivity index (χ0) is 8.81. The topological polar surface area (TPSA) is 45.0 Å². The summed E-state index contributed by atoms with van der Waals surface area (Å²) < 4.78 is 4.94. The van der Waals surface area contributed by atoms with Gasteiger partial charge in [0, 0.05) is 12.8 Å². The van der Waals surface area contributed by atoms with Crippen molar-refractivity contribution in [3.63, 3.8) is 0 Å². The number of rotatable bonds is 3. The van der Waals surface area contributed by atoms with E-state index in [1.165, 1.54) is 0 Å². The molecule has 0 unspecified atom stereocenters. The van der Waals surface area contributed by atoms with Crippen molar-refractivity contribution in [2.24, 2.45) is 0 Å². The van der Waals surface area contributed by atoms with Gasteiger partial charge in [0.1, 0.15) is 0 Å². The lowest BCUT2D eigenvalue weighted by atomic mass is 10.2. The van der Waals surface area contributed by atoms with Crippen LogP contribution in [0.15, 0.2) is 24.3 Å². The Hall–Kier alpha value is -1.53. The molecule has 0 saturated carbocycles. The van der Waals surface area contributed by atoms with Crippen LogP contribution in [0.25, 0.3) is 0 Å². The van der Waals surface area contributed by atoms with Gasteiger partial charge < -0.3 is 4.74 Å². The van der Waals surface area contributed by atoms with Crippen LogP contribution in [0.5, 0.6) is 0 Å². The van der Waals surface area contributed by atoms with E-state index in [2.05, 4.69) is 5.32 Å². The Labute approximate surface area is 71.6 Å². The minimum absolute atomic E-state index is 0.604. The molecule has 0 bridgehead atoms. The van der Waals surface area contributed by atoms with Crippen molar-refractivity contribution in [3.8, 4) is 6.19 Å². The number of nitriles is 1. The Balaban J connectivity index is 2.66. The van der Waals surface area contributed by atoms with Crippen molar-refractivity contribution in [2.75, 3.05) is 12.4 Å². The molecule has 0 aliphatic rings. The van der Waals surface area contributed by atoms with E-state index in [0.717, 1.165) is 11.3 Å². The predicted molar refractivity (Wildman–Crippen MR) is 46.4 cm³/mol. The second kappa shape index (κ2) is 4.37. The van der Waals surface area contributed by atoms with Crippen LogP contribution in [0, 0.1) is 11.5 Å². The highest BCUT2D eigenvalue weighted by atomic mass is 16.5. The number of hydrogen-bond acceptors (Lipinski definition) is 3. The Bertz CT molecular complexity index is 274. The summed E-state index contributed by atoms with van der Waals surface area (Å²) in [6.07, 6.45) is 1.85. The number of ether oxygens (including phenoxy) is 1. The average Bonchev–Trinajstić information content (AvgIpc) is 2.09. The first kappa shape index (κ1) is 8.57. The summed E-state index contributed by atoms with van der Waals surface area (Å²) in [6, 6.07) is 7.53. The molecule has 0 atom stereocenters. The van der Waals surface area contributed by atoms with Gasteiger partial charge in [-0.25, -0.2) is 0 Å². The van der Waals surface area contributed by atoms with Crippen molar-refractivity contribution in [1.82, 2.24) is 0 Å². The van der Waals surface area contributed by atoms with Gasteiger partial charge in [-0.1, -0.05) is 12.1 Å². The normalized spacial score (nSPS) is 9.00. The maximum Gasteiger partial charge on any atom is 0.181 e. The molecule has 3 heteroatoms. The standard InChI is InChI=1S/C9H10N2O/c1-12-6-8-2-4-9(5-3-8)11-7-10/h2-5,11H,6H2,1H3. The molecule has 62 valence electrons. The highest BCUT2D eigenvalue weighted by Gasteiger charge is 1.91.